The van der Waals surface area contributed by atoms with E-state index in [0.717, 1.165) is 46.5 Å². The fourth-order valence-electron chi connectivity index (χ4n) is 3.73. The third kappa shape index (κ3) is 3.50. The van der Waals surface area contributed by atoms with Crippen LogP contribution in [0.3, 0.4) is 0 Å². The van der Waals surface area contributed by atoms with E-state index in [2.05, 4.69) is 53.4 Å². The zero-order chi connectivity index (χ0) is 18.8. The standard InChI is InChI=1S/C21H26BrN3O/c1-5-11-25-19(15-6-8-16(22)9-7-15)18-17(13-14(2)3)23-10-12-24(4)20(18)21(25)26/h5-9,14,19H,1,10-13H2,2-4H3. The molecule has 4 nitrogen and oxygen atoms in total. The van der Waals surface area contributed by atoms with Gasteiger partial charge in [0.1, 0.15) is 5.70 Å². The van der Waals surface area contributed by atoms with Crippen molar-refractivity contribution >= 4 is 27.5 Å². The first-order chi connectivity index (χ1) is 12.4. The molecule has 1 aromatic rings. The Morgan fingerprint density at radius 3 is 2.65 bits per heavy atom. The Morgan fingerprint density at radius 2 is 2.04 bits per heavy atom. The lowest BCUT2D eigenvalue weighted by molar-refractivity contribution is -0.127. The zero-order valence-corrected chi connectivity index (χ0v) is 17.3. The number of hydrogen-bond donors (Lipinski definition) is 0. The van der Waals surface area contributed by atoms with Gasteiger partial charge in [0, 0.05) is 35.9 Å². The highest BCUT2D eigenvalue weighted by molar-refractivity contribution is 9.10. The summed E-state index contributed by atoms with van der Waals surface area (Å²) < 4.78 is 1.03. The molecule has 0 saturated carbocycles. The molecule has 1 unspecified atom stereocenters. The van der Waals surface area contributed by atoms with Crippen LogP contribution in [-0.2, 0) is 4.79 Å². The molecule has 0 radical (unpaired) electrons. The highest BCUT2D eigenvalue weighted by Gasteiger charge is 2.43. The van der Waals surface area contributed by atoms with E-state index < -0.39 is 0 Å². The summed E-state index contributed by atoms with van der Waals surface area (Å²) in [6, 6.07) is 8.13. The monoisotopic (exact) mass is 415 g/mol. The second-order valence-corrected chi connectivity index (χ2v) is 8.23. The maximum Gasteiger partial charge on any atom is 0.271 e. The predicted molar refractivity (Wildman–Crippen MR) is 110 cm³/mol. The van der Waals surface area contributed by atoms with Crippen LogP contribution in [0.5, 0.6) is 0 Å². The van der Waals surface area contributed by atoms with Crippen molar-refractivity contribution in [2.45, 2.75) is 26.3 Å². The number of benzene rings is 1. The Kier molecular flexibility index (Phi) is 5.66. The second kappa shape index (κ2) is 7.78. The summed E-state index contributed by atoms with van der Waals surface area (Å²) in [5.41, 5.74) is 4.07. The highest BCUT2D eigenvalue weighted by atomic mass is 79.9. The van der Waals surface area contributed by atoms with E-state index in [1.165, 1.54) is 0 Å². The van der Waals surface area contributed by atoms with Crippen molar-refractivity contribution in [1.29, 1.82) is 0 Å². The molecule has 26 heavy (non-hydrogen) atoms. The smallest absolute Gasteiger partial charge is 0.271 e. The number of carbonyl (C=O) groups is 1. The van der Waals surface area contributed by atoms with Gasteiger partial charge < -0.3 is 9.80 Å². The molecule has 0 spiro atoms. The number of likely N-dealkylation sites (N-methyl/N-ethyl adjacent to an activating group) is 1. The first kappa shape index (κ1) is 18.9. The molecule has 3 rings (SSSR count). The number of carbonyl (C=O) groups excluding carboxylic acids is 1. The topological polar surface area (TPSA) is 35.9 Å². The first-order valence-corrected chi connectivity index (χ1v) is 9.89. The third-order valence-corrected chi connectivity index (χ3v) is 5.38. The van der Waals surface area contributed by atoms with Gasteiger partial charge in [-0.3, -0.25) is 9.79 Å². The minimum atomic E-state index is -0.110. The summed E-state index contributed by atoms with van der Waals surface area (Å²) in [5.74, 6) is 0.564. The summed E-state index contributed by atoms with van der Waals surface area (Å²) >= 11 is 3.51. The molecule has 0 aromatic heterocycles. The number of halogens is 1. The van der Waals surface area contributed by atoms with E-state index in [1.807, 2.05) is 24.1 Å². The molecule has 0 N–H and O–H groups in total. The Hall–Kier alpha value is -1.88. The highest BCUT2D eigenvalue weighted by Crippen LogP contribution is 2.41. The van der Waals surface area contributed by atoms with Gasteiger partial charge in [0.15, 0.2) is 0 Å². The van der Waals surface area contributed by atoms with Crippen molar-refractivity contribution in [2.75, 3.05) is 26.7 Å². The zero-order valence-electron chi connectivity index (χ0n) is 15.7. The molecule has 0 saturated heterocycles. The number of hydrogen-bond acceptors (Lipinski definition) is 3. The summed E-state index contributed by atoms with van der Waals surface area (Å²) in [4.78, 5) is 22.2. The minimum Gasteiger partial charge on any atom is -0.368 e. The van der Waals surface area contributed by atoms with Crippen LogP contribution >= 0.6 is 15.9 Å². The molecule has 0 bridgehead atoms. The molecule has 0 fully saturated rings. The van der Waals surface area contributed by atoms with Gasteiger partial charge in [-0.25, -0.2) is 0 Å². The molecule has 1 atom stereocenters. The van der Waals surface area contributed by atoms with Crippen molar-refractivity contribution in [3.63, 3.8) is 0 Å². The maximum absolute atomic E-state index is 13.3. The van der Waals surface area contributed by atoms with E-state index in [4.69, 9.17) is 4.99 Å². The number of amides is 1. The van der Waals surface area contributed by atoms with Crippen LogP contribution in [0, 0.1) is 5.92 Å². The predicted octanol–water partition coefficient (Wildman–Crippen LogP) is 4.21. The summed E-state index contributed by atoms with van der Waals surface area (Å²) in [5, 5.41) is 0. The van der Waals surface area contributed by atoms with Crippen LogP contribution in [0.25, 0.3) is 0 Å². The largest absolute Gasteiger partial charge is 0.368 e. The normalized spacial score (nSPS) is 20.4. The van der Waals surface area contributed by atoms with Crippen molar-refractivity contribution in [3.05, 3.63) is 58.2 Å². The van der Waals surface area contributed by atoms with Gasteiger partial charge in [-0.2, -0.15) is 0 Å². The minimum absolute atomic E-state index is 0.0775. The molecular weight excluding hydrogens is 390 g/mol. The third-order valence-electron chi connectivity index (χ3n) is 4.85. The molecular formula is C21H26BrN3O. The maximum atomic E-state index is 13.3. The molecule has 138 valence electrons. The van der Waals surface area contributed by atoms with Gasteiger partial charge in [-0.05, 0) is 30.0 Å². The van der Waals surface area contributed by atoms with Gasteiger partial charge in [0.05, 0.1) is 12.6 Å². The molecule has 2 heterocycles. The summed E-state index contributed by atoms with van der Waals surface area (Å²) in [7, 11) is 2.00. The van der Waals surface area contributed by atoms with Gasteiger partial charge in [-0.15, -0.1) is 6.58 Å². The Bertz CT molecular complexity index is 764. The van der Waals surface area contributed by atoms with Crippen LogP contribution in [0.2, 0.25) is 0 Å². The van der Waals surface area contributed by atoms with Crippen molar-refractivity contribution in [1.82, 2.24) is 9.80 Å². The van der Waals surface area contributed by atoms with Crippen LogP contribution in [0.4, 0.5) is 0 Å². The van der Waals surface area contributed by atoms with Gasteiger partial charge in [0.2, 0.25) is 0 Å². The molecule has 0 aliphatic carbocycles. The molecule has 1 aromatic carbocycles. The van der Waals surface area contributed by atoms with Crippen molar-refractivity contribution in [3.8, 4) is 0 Å². The van der Waals surface area contributed by atoms with E-state index >= 15 is 0 Å². The molecule has 2 aliphatic rings. The summed E-state index contributed by atoms with van der Waals surface area (Å²) in [6.07, 6.45) is 2.68. The number of rotatable bonds is 5. The SMILES string of the molecule is C=CCN1C(=O)C2=C(C(CC(C)C)=NCCN2C)C1c1ccc(Br)cc1. The van der Waals surface area contributed by atoms with E-state index in [1.54, 1.807) is 6.08 Å². The quantitative estimate of drug-likeness (QED) is 0.675. The second-order valence-electron chi connectivity index (χ2n) is 7.31. The molecule has 5 heteroatoms. The Balaban J connectivity index is 2.17. The Morgan fingerprint density at radius 1 is 1.35 bits per heavy atom. The van der Waals surface area contributed by atoms with E-state index in [0.29, 0.717) is 12.5 Å². The lowest BCUT2D eigenvalue weighted by Gasteiger charge is -2.27. The van der Waals surface area contributed by atoms with Crippen LogP contribution in [0.1, 0.15) is 31.9 Å². The van der Waals surface area contributed by atoms with E-state index in [9.17, 15) is 4.79 Å². The van der Waals surface area contributed by atoms with Crippen LogP contribution in [0.15, 0.2) is 57.7 Å². The summed E-state index contributed by atoms with van der Waals surface area (Å²) in [6.45, 7) is 10.3. The average molecular weight is 416 g/mol. The Labute approximate surface area is 164 Å². The number of aliphatic imine (C=N–C) groups is 1. The first-order valence-electron chi connectivity index (χ1n) is 9.10. The average Bonchev–Trinajstić information content (AvgIpc) is 2.77. The fraction of sp³-hybridized carbons (Fsp3) is 0.429. The van der Waals surface area contributed by atoms with Crippen LogP contribution < -0.4 is 0 Å². The fourth-order valence-corrected chi connectivity index (χ4v) is 3.99. The number of nitrogens with zero attached hydrogens (tertiary/aromatic N) is 3. The lowest BCUT2D eigenvalue weighted by atomic mass is 9.91. The van der Waals surface area contributed by atoms with Gasteiger partial charge >= 0.3 is 0 Å². The molecule has 1 amide bonds. The molecule has 2 aliphatic heterocycles. The van der Waals surface area contributed by atoms with Gasteiger partial charge in [-0.1, -0.05) is 48.0 Å². The van der Waals surface area contributed by atoms with E-state index in [-0.39, 0.29) is 11.9 Å². The van der Waals surface area contributed by atoms with Crippen molar-refractivity contribution < 1.29 is 4.79 Å². The lowest BCUT2D eigenvalue weighted by Crippen LogP contribution is -2.34. The van der Waals surface area contributed by atoms with Gasteiger partial charge in [0.25, 0.3) is 5.91 Å². The van der Waals surface area contributed by atoms with Crippen LogP contribution in [-0.4, -0.2) is 48.1 Å². The van der Waals surface area contributed by atoms with Crippen molar-refractivity contribution in [2.24, 2.45) is 10.9 Å².